The van der Waals surface area contributed by atoms with E-state index in [1.165, 1.54) is 6.42 Å². The van der Waals surface area contributed by atoms with Gasteiger partial charge in [-0.25, -0.2) is 0 Å². The van der Waals surface area contributed by atoms with Crippen LogP contribution < -0.4 is 5.56 Å². The lowest BCUT2D eigenvalue weighted by Crippen LogP contribution is -2.53. The zero-order valence-corrected chi connectivity index (χ0v) is 19.0. The number of likely N-dealkylation sites (N-methyl/N-ethyl adjacent to an activating group) is 1. The van der Waals surface area contributed by atoms with Crippen LogP contribution in [0.3, 0.4) is 0 Å². The molecule has 0 radical (unpaired) electrons. The lowest BCUT2D eigenvalue weighted by atomic mass is 9.82. The van der Waals surface area contributed by atoms with Crippen LogP contribution in [0.25, 0.3) is 0 Å². The van der Waals surface area contributed by atoms with E-state index in [4.69, 9.17) is 4.74 Å². The predicted octanol–water partition coefficient (Wildman–Crippen LogP) is 1.50. The van der Waals surface area contributed by atoms with E-state index in [1.807, 2.05) is 10.6 Å². The van der Waals surface area contributed by atoms with Crippen LogP contribution in [0.5, 0.6) is 0 Å². The summed E-state index contributed by atoms with van der Waals surface area (Å²) in [5.41, 5.74) is 2.19. The first-order valence-corrected chi connectivity index (χ1v) is 12.0. The zero-order valence-electron chi connectivity index (χ0n) is 19.0. The molecule has 0 saturated carbocycles. The molecule has 3 fully saturated rings. The van der Waals surface area contributed by atoms with E-state index in [0.29, 0.717) is 24.4 Å². The molecule has 5 rings (SSSR count). The first-order valence-electron chi connectivity index (χ1n) is 12.0. The van der Waals surface area contributed by atoms with Gasteiger partial charge in [0.25, 0.3) is 5.56 Å². The fourth-order valence-electron chi connectivity index (χ4n) is 6.43. The lowest BCUT2D eigenvalue weighted by Gasteiger charge is -2.44. The zero-order chi connectivity index (χ0) is 21.5. The highest BCUT2D eigenvalue weighted by molar-refractivity contribution is 5.82. The van der Waals surface area contributed by atoms with Gasteiger partial charge in [-0.15, -0.1) is 0 Å². The van der Waals surface area contributed by atoms with E-state index >= 15 is 0 Å². The topological polar surface area (TPSA) is 58.0 Å². The SMILES string of the molecule is COC[C@@H]1CCCN1Cc1ccc2n(c1=O)C[C@H]1C[C@@H]2CN(C(=O)[C@@H]2CCCN2C)C1. The van der Waals surface area contributed by atoms with E-state index in [-0.39, 0.29) is 17.5 Å². The van der Waals surface area contributed by atoms with Gasteiger partial charge >= 0.3 is 0 Å². The molecular weight excluding hydrogens is 392 g/mol. The summed E-state index contributed by atoms with van der Waals surface area (Å²) in [6, 6.07) is 4.67. The molecule has 2 bridgehead atoms. The molecule has 0 N–H and O–H groups in total. The number of ether oxygens (including phenoxy) is 1. The van der Waals surface area contributed by atoms with Crippen LogP contribution in [0.2, 0.25) is 0 Å². The van der Waals surface area contributed by atoms with Crippen molar-refractivity contribution in [3.05, 3.63) is 33.7 Å². The Bertz CT molecular complexity index is 884. The fourth-order valence-corrected chi connectivity index (χ4v) is 6.43. The van der Waals surface area contributed by atoms with Gasteiger partial charge in [0, 0.05) is 56.5 Å². The van der Waals surface area contributed by atoms with Crippen molar-refractivity contribution in [2.24, 2.45) is 5.92 Å². The minimum atomic E-state index is 0.0453. The van der Waals surface area contributed by atoms with E-state index < -0.39 is 0 Å². The largest absolute Gasteiger partial charge is 0.383 e. The molecule has 0 unspecified atom stereocenters. The molecule has 5 heterocycles. The summed E-state index contributed by atoms with van der Waals surface area (Å²) in [5, 5.41) is 0. The Kier molecular flexibility index (Phi) is 5.92. The lowest BCUT2D eigenvalue weighted by molar-refractivity contribution is -0.138. The minimum absolute atomic E-state index is 0.0453. The van der Waals surface area contributed by atoms with Crippen molar-refractivity contribution in [1.82, 2.24) is 19.3 Å². The van der Waals surface area contributed by atoms with Crippen LogP contribution in [-0.2, 0) is 22.6 Å². The number of pyridine rings is 1. The Morgan fingerprint density at radius 1 is 1.13 bits per heavy atom. The Morgan fingerprint density at radius 2 is 1.97 bits per heavy atom. The third-order valence-electron chi connectivity index (χ3n) is 8.03. The quantitative estimate of drug-likeness (QED) is 0.711. The number of aromatic nitrogens is 1. The minimum Gasteiger partial charge on any atom is -0.383 e. The number of hydrogen-bond donors (Lipinski definition) is 0. The smallest absolute Gasteiger partial charge is 0.255 e. The number of amides is 1. The number of likely N-dealkylation sites (tertiary alicyclic amines) is 3. The maximum absolute atomic E-state index is 13.4. The Labute approximate surface area is 184 Å². The molecule has 0 aromatic carbocycles. The Balaban J connectivity index is 1.33. The van der Waals surface area contributed by atoms with Crippen LogP contribution in [0.4, 0.5) is 0 Å². The van der Waals surface area contributed by atoms with Gasteiger partial charge in [0.2, 0.25) is 5.91 Å². The highest BCUT2D eigenvalue weighted by Crippen LogP contribution is 2.36. The Hall–Kier alpha value is -1.70. The van der Waals surface area contributed by atoms with Crippen molar-refractivity contribution >= 4 is 5.91 Å². The maximum atomic E-state index is 13.4. The molecule has 4 aliphatic rings. The molecule has 3 saturated heterocycles. The summed E-state index contributed by atoms with van der Waals surface area (Å²) in [7, 11) is 3.82. The van der Waals surface area contributed by atoms with Crippen molar-refractivity contribution in [3.8, 4) is 0 Å². The maximum Gasteiger partial charge on any atom is 0.255 e. The number of nitrogens with zero attached hydrogens (tertiary/aromatic N) is 4. The van der Waals surface area contributed by atoms with E-state index in [0.717, 1.165) is 76.3 Å². The van der Waals surface area contributed by atoms with Gasteiger partial charge in [-0.05, 0) is 64.2 Å². The van der Waals surface area contributed by atoms with Crippen LogP contribution in [0.15, 0.2) is 16.9 Å². The number of hydrogen-bond acceptors (Lipinski definition) is 5. The average Bonchev–Trinajstić information content (AvgIpc) is 3.39. The molecule has 1 amide bonds. The normalized spacial score (nSPS) is 31.2. The summed E-state index contributed by atoms with van der Waals surface area (Å²) in [6.07, 6.45) is 5.48. The highest BCUT2D eigenvalue weighted by atomic mass is 16.5. The standard InChI is InChI=1S/C24H36N4O3/c1-25-9-4-6-22(25)24(30)27-12-17-11-19(15-27)21-8-7-18(23(29)28(21)13-17)14-26-10-3-5-20(26)16-31-2/h7-8,17,19-20,22H,3-6,9-16H2,1-2H3/t17-,19+,20-,22-/m0/s1. The molecule has 4 atom stereocenters. The van der Waals surface area contributed by atoms with Crippen molar-refractivity contribution in [2.75, 3.05) is 46.9 Å². The molecule has 7 nitrogen and oxygen atoms in total. The van der Waals surface area contributed by atoms with Crippen molar-refractivity contribution in [3.63, 3.8) is 0 Å². The summed E-state index contributed by atoms with van der Waals surface area (Å²) >= 11 is 0. The van der Waals surface area contributed by atoms with Crippen LogP contribution in [0.1, 0.15) is 49.3 Å². The molecule has 4 aliphatic heterocycles. The van der Waals surface area contributed by atoms with Gasteiger partial charge in [0.05, 0.1) is 12.6 Å². The van der Waals surface area contributed by atoms with Gasteiger partial charge in [-0.1, -0.05) is 6.07 Å². The van der Waals surface area contributed by atoms with Gasteiger partial charge in [-0.3, -0.25) is 19.4 Å². The fraction of sp³-hybridized carbons (Fsp3) is 0.750. The first-order chi connectivity index (χ1) is 15.0. The van der Waals surface area contributed by atoms with Gasteiger partial charge < -0.3 is 14.2 Å². The van der Waals surface area contributed by atoms with Crippen LogP contribution in [0, 0.1) is 5.92 Å². The van der Waals surface area contributed by atoms with Gasteiger partial charge in [0.15, 0.2) is 0 Å². The number of carbonyl (C=O) groups excluding carboxylic acids is 1. The van der Waals surface area contributed by atoms with Crippen LogP contribution >= 0.6 is 0 Å². The number of piperidine rings is 1. The second-order valence-electron chi connectivity index (χ2n) is 10.1. The van der Waals surface area contributed by atoms with Crippen LogP contribution in [-0.4, -0.2) is 84.2 Å². The molecule has 170 valence electrons. The number of rotatable bonds is 5. The summed E-state index contributed by atoms with van der Waals surface area (Å²) in [6.45, 7) is 5.77. The predicted molar refractivity (Wildman–Crippen MR) is 119 cm³/mol. The van der Waals surface area contributed by atoms with Crippen molar-refractivity contribution in [1.29, 1.82) is 0 Å². The first kappa shape index (κ1) is 21.2. The molecule has 7 heteroatoms. The third kappa shape index (κ3) is 3.96. The number of carbonyl (C=O) groups is 1. The summed E-state index contributed by atoms with van der Waals surface area (Å²) in [4.78, 5) is 33.2. The van der Waals surface area contributed by atoms with E-state index in [9.17, 15) is 9.59 Å². The molecule has 0 spiro atoms. The summed E-state index contributed by atoms with van der Waals surface area (Å²) in [5.74, 6) is 0.946. The monoisotopic (exact) mass is 428 g/mol. The molecule has 0 aliphatic carbocycles. The summed E-state index contributed by atoms with van der Waals surface area (Å²) < 4.78 is 7.40. The molecular formula is C24H36N4O3. The second-order valence-corrected chi connectivity index (χ2v) is 10.1. The highest BCUT2D eigenvalue weighted by Gasteiger charge is 2.40. The number of fused-ring (bicyclic) bond motifs is 4. The Morgan fingerprint density at radius 3 is 2.74 bits per heavy atom. The average molecular weight is 429 g/mol. The van der Waals surface area contributed by atoms with Gasteiger partial charge in [-0.2, -0.15) is 0 Å². The number of methoxy groups -OCH3 is 1. The third-order valence-corrected chi connectivity index (χ3v) is 8.03. The van der Waals surface area contributed by atoms with Gasteiger partial charge in [0.1, 0.15) is 0 Å². The van der Waals surface area contributed by atoms with Crippen molar-refractivity contribution in [2.45, 2.75) is 63.2 Å². The van der Waals surface area contributed by atoms with E-state index in [1.54, 1.807) is 7.11 Å². The molecule has 1 aromatic heterocycles. The molecule has 1 aromatic rings. The second kappa shape index (κ2) is 8.68. The van der Waals surface area contributed by atoms with Crippen molar-refractivity contribution < 1.29 is 9.53 Å². The van der Waals surface area contributed by atoms with E-state index in [2.05, 4.69) is 27.8 Å². The molecule has 31 heavy (non-hydrogen) atoms.